The Morgan fingerprint density at radius 2 is 2.00 bits per heavy atom. The monoisotopic (exact) mass is 168 g/mol. The Morgan fingerprint density at radius 1 is 1.33 bits per heavy atom. The smallest absolute Gasteiger partial charge is 0.259 e. The molecule has 0 aliphatic heterocycles. The van der Waals surface area contributed by atoms with Crippen molar-refractivity contribution in [1.29, 1.82) is 0 Å². The molecule has 1 aromatic heterocycles. The van der Waals surface area contributed by atoms with E-state index in [1.165, 1.54) is 0 Å². The molecule has 1 rings (SSSR count). The van der Waals surface area contributed by atoms with Crippen molar-refractivity contribution in [2.24, 2.45) is 0 Å². The molecular formula is C9H14NO2+. The third kappa shape index (κ3) is 2.60. The Hall–Kier alpha value is -0.930. The molecule has 0 spiro atoms. The number of hydrogen-bond acceptors (Lipinski definition) is 2. The molecule has 3 heteroatoms. The van der Waals surface area contributed by atoms with Crippen molar-refractivity contribution in [1.82, 2.24) is 0 Å². The molecule has 1 heterocycles. The molecule has 0 aliphatic rings. The fourth-order valence-corrected chi connectivity index (χ4v) is 0.964. The van der Waals surface area contributed by atoms with Gasteiger partial charge in [-0.1, -0.05) is 6.07 Å². The maximum atomic E-state index is 8.53. The highest BCUT2D eigenvalue weighted by Crippen LogP contribution is 1.95. The maximum Gasteiger partial charge on any atom is 0.259 e. The van der Waals surface area contributed by atoms with Crippen molar-refractivity contribution in [3.8, 4) is 0 Å². The molecule has 3 nitrogen and oxygen atoms in total. The minimum absolute atomic E-state index is 0.0154. The summed E-state index contributed by atoms with van der Waals surface area (Å²) in [6.07, 6.45) is 3.85. The van der Waals surface area contributed by atoms with Gasteiger partial charge in [-0.15, -0.1) is 0 Å². The van der Waals surface area contributed by atoms with Crippen molar-refractivity contribution >= 4 is 0 Å². The quantitative estimate of drug-likeness (QED) is 0.664. The van der Waals surface area contributed by atoms with Crippen LogP contribution in [-0.2, 0) is 4.74 Å². The van der Waals surface area contributed by atoms with Crippen LogP contribution in [0.3, 0.4) is 0 Å². The van der Waals surface area contributed by atoms with Gasteiger partial charge in [0.2, 0.25) is 0 Å². The number of hydrogen-bond donors (Lipinski definition) is 1. The first-order valence-electron chi connectivity index (χ1n) is 4.03. The molecular weight excluding hydrogens is 154 g/mol. The van der Waals surface area contributed by atoms with Gasteiger partial charge in [0, 0.05) is 19.1 Å². The fraction of sp³-hybridized carbons (Fsp3) is 0.444. The van der Waals surface area contributed by atoms with E-state index < -0.39 is 0 Å². The Kier molecular flexibility index (Phi) is 3.70. The summed E-state index contributed by atoms with van der Waals surface area (Å²) in [5.41, 5.74) is 0. The van der Waals surface area contributed by atoms with E-state index in [-0.39, 0.29) is 12.8 Å². The zero-order chi connectivity index (χ0) is 8.81. The Morgan fingerprint density at radius 3 is 2.58 bits per heavy atom. The van der Waals surface area contributed by atoms with E-state index in [1.807, 2.05) is 42.1 Å². The van der Waals surface area contributed by atoms with E-state index in [1.54, 1.807) is 0 Å². The first kappa shape index (κ1) is 9.16. The summed E-state index contributed by atoms with van der Waals surface area (Å²) >= 11 is 0. The van der Waals surface area contributed by atoms with E-state index in [4.69, 9.17) is 9.84 Å². The SMILES string of the molecule is CC(OCCO)[n+]1ccccc1. The molecule has 0 fully saturated rings. The average molecular weight is 168 g/mol. The van der Waals surface area contributed by atoms with Crippen LogP contribution < -0.4 is 4.57 Å². The molecule has 0 amide bonds. The van der Waals surface area contributed by atoms with Crippen LogP contribution in [0.2, 0.25) is 0 Å². The lowest BCUT2D eigenvalue weighted by Crippen LogP contribution is -2.38. The number of ether oxygens (including phenoxy) is 1. The van der Waals surface area contributed by atoms with Crippen molar-refractivity contribution in [3.05, 3.63) is 30.6 Å². The van der Waals surface area contributed by atoms with E-state index in [9.17, 15) is 0 Å². The van der Waals surface area contributed by atoms with Gasteiger partial charge < -0.3 is 9.84 Å². The number of rotatable bonds is 4. The highest BCUT2D eigenvalue weighted by atomic mass is 16.5. The predicted molar refractivity (Wildman–Crippen MR) is 44.4 cm³/mol. The number of nitrogens with zero attached hydrogens (tertiary/aromatic N) is 1. The topological polar surface area (TPSA) is 33.3 Å². The van der Waals surface area contributed by atoms with Gasteiger partial charge >= 0.3 is 0 Å². The van der Waals surface area contributed by atoms with Gasteiger partial charge in [0.1, 0.15) is 0 Å². The second-order valence-corrected chi connectivity index (χ2v) is 2.52. The average Bonchev–Trinajstić information content (AvgIpc) is 2.15. The van der Waals surface area contributed by atoms with Gasteiger partial charge in [0.05, 0.1) is 13.2 Å². The van der Waals surface area contributed by atoms with E-state index in [0.29, 0.717) is 6.61 Å². The van der Waals surface area contributed by atoms with Gasteiger partial charge in [-0.25, -0.2) is 0 Å². The largest absolute Gasteiger partial charge is 0.394 e. The molecule has 1 aromatic rings. The van der Waals surface area contributed by atoms with Crippen molar-refractivity contribution < 1.29 is 14.4 Å². The molecule has 1 atom stereocenters. The molecule has 12 heavy (non-hydrogen) atoms. The van der Waals surface area contributed by atoms with Crippen LogP contribution in [0.5, 0.6) is 0 Å². The minimum Gasteiger partial charge on any atom is -0.394 e. The summed E-state index contributed by atoms with van der Waals surface area (Å²) < 4.78 is 7.23. The zero-order valence-electron chi connectivity index (χ0n) is 7.18. The van der Waals surface area contributed by atoms with Crippen LogP contribution in [0.15, 0.2) is 30.6 Å². The second-order valence-electron chi connectivity index (χ2n) is 2.52. The number of aromatic nitrogens is 1. The highest BCUT2D eigenvalue weighted by molar-refractivity contribution is 4.83. The third-order valence-corrected chi connectivity index (χ3v) is 1.61. The Bertz CT molecular complexity index is 213. The van der Waals surface area contributed by atoms with Crippen LogP contribution in [0, 0.1) is 0 Å². The van der Waals surface area contributed by atoms with Crippen LogP contribution in [0.4, 0.5) is 0 Å². The van der Waals surface area contributed by atoms with Crippen LogP contribution in [0.25, 0.3) is 0 Å². The summed E-state index contributed by atoms with van der Waals surface area (Å²) in [5, 5.41) is 8.53. The number of pyridine rings is 1. The first-order chi connectivity index (χ1) is 5.84. The van der Waals surface area contributed by atoms with Crippen molar-refractivity contribution in [2.45, 2.75) is 13.2 Å². The summed E-state index contributed by atoms with van der Waals surface area (Å²) in [6, 6.07) is 5.84. The minimum atomic E-state index is -0.0154. The van der Waals surface area contributed by atoms with Crippen LogP contribution >= 0.6 is 0 Å². The van der Waals surface area contributed by atoms with Gasteiger partial charge in [-0.3, -0.25) is 0 Å². The van der Waals surface area contributed by atoms with E-state index in [0.717, 1.165) is 0 Å². The molecule has 0 aromatic carbocycles. The molecule has 1 N–H and O–H groups in total. The molecule has 1 unspecified atom stereocenters. The molecule has 0 saturated heterocycles. The highest BCUT2D eigenvalue weighted by Gasteiger charge is 2.09. The maximum absolute atomic E-state index is 8.53. The van der Waals surface area contributed by atoms with E-state index in [2.05, 4.69) is 0 Å². The third-order valence-electron chi connectivity index (χ3n) is 1.61. The van der Waals surface area contributed by atoms with Gasteiger partial charge in [-0.2, -0.15) is 4.57 Å². The van der Waals surface area contributed by atoms with Gasteiger partial charge in [0.25, 0.3) is 6.23 Å². The molecule has 0 radical (unpaired) electrons. The van der Waals surface area contributed by atoms with Crippen LogP contribution in [-0.4, -0.2) is 18.3 Å². The Balaban J connectivity index is 2.48. The molecule has 66 valence electrons. The second kappa shape index (κ2) is 4.85. The zero-order valence-corrected chi connectivity index (χ0v) is 7.18. The normalized spacial score (nSPS) is 12.8. The lowest BCUT2D eigenvalue weighted by Gasteiger charge is -2.06. The lowest BCUT2D eigenvalue weighted by atomic mass is 10.4. The number of aliphatic hydroxyl groups excluding tert-OH is 1. The van der Waals surface area contributed by atoms with E-state index >= 15 is 0 Å². The summed E-state index contributed by atoms with van der Waals surface area (Å²) in [6.45, 7) is 2.39. The van der Waals surface area contributed by atoms with Crippen molar-refractivity contribution in [3.63, 3.8) is 0 Å². The fourth-order valence-electron chi connectivity index (χ4n) is 0.964. The molecule has 0 aliphatic carbocycles. The summed E-state index contributed by atoms with van der Waals surface area (Å²) in [5.74, 6) is 0. The first-order valence-corrected chi connectivity index (χ1v) is 4.03. The number of aliphatic hydroxyl groups is 1. The van der Waals surface area contributed by atoms with Gasteiger partial charge in [-0.05, 0) is 0 Å². The lowest BCUT2D eigenvalue weighted by molar-refractivity contribution is -0.758. The Labute approximate surface area is 72.2 Å². The standard InChI is InChI=1S/C9H14NO2/c1-9(12-8-7-11)10-5-3-2-4-6-10/h2-6,9,11H,7-8H2,1H3/q+1. The van der Waals surface area contributed by atoms with Crippen LogP contribution in [0.1, 0.15) is 13.2 Å². The summed E-state index contributed by atoms with van der Waals surface area (Å²) in [4.78, 5) is 0. The summed E-state index contributed by atoms with van der Waals surface area (Å²) in [7, 11) is 0. The van der Waals surface area contributed by atoms with Crippen molar-refractivity contribution in [2.75, 3.05) is 13.2 Å². The van der Waals surface area contributed by atoms with Gasteiger partial charge in [0.15, 0.2) is 12.4 Å². The molecule has 0 bridgehead atoms. The predicted octanol–water partition coefficient (Wildman–Crippen LogP) is 0.501. The molecule has 0 saturated carbocycles.